The molecule has 0 saturated carbocycles. The number of thioether (sulfide) groups is 1. The second-order valence-electron chi connectivity index (χ2n) is 4.51. The van der Waals surface area contributed by atoms with Gasteiger partial charge in [0.25, 0.3) is 0 Å². The Morgan fingerprint density at radius 1 is 1.25 bits per heavy atom. The molecule has 0 aliphatic heterocycles. The first-order valence-corrected chi connectivity index (χ1v) is 9.07. The molecule has 0 atom stereocenters. The van der Waals surface area contributed by atoms with E-state index in [0.717, 1.165) is 29.0 Å². The Bertz CT molecular complexity index is 528. The van der Waals surface area contributed by atoms with Gasteiger partial charge in [0.1, 0.15) is 10.6 Å². The standard InChI is InChI=1S/C13H21N5S2/c1-19-8-5-3-2-4-7-15-11-10-6-9-20-12(10)17-13(16-11)18-14/h6,9H,2-5,7-8,14H2,1H3,(H2,15,16,17,18). The maximum atomic E-state index is 5.40. The number of nitrogens with one attached hydrogen (secondary N) is 2. The highest BCUT2D eigenvalue weighted by Crippen LogP contribution is 2.26. The van der Waals surface area contributed by atoms with Crippen LogP contribution in [0.15, 0.2) is 11.4 Å². The number of hydrazine groups is 1. The molecule has 2 aromatic rings. The molecular formula is C13H21N5S2. The molecule has 0 aliphatic rings. The van der Waals surface area contributed by atoms with Crippen LogP contribution in [0.4, 0.5) is 11.8 Å². The Kier molecular flexibility index (Phi) is 6.35. The topological polar surface area (TPSA) is 75.9 Å². The molecule has 4 N–H and O–H groups in total. The molecule has 0 fully saturated rings. The van der Waals surface area contributed by atoms with Crippen LogP contribution in [0, 0.1) is 0 Å². The Labute approximate surface area is 127 Å². The van der Waals surface area contributed by atoms with Crippen LogP contribution in [0.1, 0.15) is 25.7 Å². The molecule has 2 heterocycles. The third-order valence-corrected chi connectivity index (χ3v) is 4.53. The van der Waals surface area contributed by atoms with E-state index in [1.165, 1.54) is 25.0 Å². The highest BCUT2D eigenvalue weighted by atomic mass is 32.2. The van der Waals surface area contributed by atoms with Crippen molar-refractivity contribution in [3.63, 3.8) is 0 Å². The van der Waals surface area contributed by atoms with E-state index >= 15 is 0 Å². The van der Waals surface area contributed by atoms with Crippen molar-refractivity contribution in [2.75, 3.05) is 29.3 Å². The highest BCUT2D eigenvalue weighted by Gasteiger charge is 2.07. The first-order valence-electron chi connectivity index (χ1n) is 6.80. The minimum Gasteiger partial charge on any atom is -0.369 e. The summed E-state index contributed by atoms with van der Waals surface area (Å²) in [6.45, 7) is 0.936. The van der Waals surface area contributed by atoms with E-state index in [1.54, 1.807) is 11.3 Å². The van der Waals surface area contributed by atoms with Crippen LogP contribution in [0.5, 0.6) is 0 Å². The van der Waals surface area contributed by atoms with Crippen LogP contribution >= 0.6 is 23.1 Å². The zero-order valence-corrected chi connectivity index (χ0v) is 13.3. The Morgan fingerprint density at radius 3 is 2.90 bits per heavy atom. The second-order valence-corrected chi connectivity index (χ2v) is 6.39. The number of nitrogen functional groups attached to an aromatic ring is 1. The molecule has 0 radical (unpaired) electrons. The predicted octanol–water partition coefficient (Wildman–Crippen LogP) is 3.31. The van der Waals surface area contributed by atoms with Crippen LogP contribution in [-0.2, 0) is 0 Å². The summed E-state index contributed by atoms with van der Waals surface area (Å²) in [7, 11) is 0. The first-order chi connectivity index (χ1) is 9.85. The molecule has 20 heavy (non-hydrogen) atoms. The summed E-state index contributed by atoms with van der Waals surface area (Å²) in [5.74, 6) is 7.99. The zero-order chi connectivity index (χ0) is 14.2. The van der Waals surface area contributed by atoms with Gasteiger partial charge >= 0.3 is 0 Å². The average molecular weight is 311 g/mol. The number of anilines is 2. The van der Waals surface area contributed by atoms with Crippen molar-refractivity contribution in [1.82, 2.24) is 9.97 Å². The molecule has 0 aromatic carbocycles. The first kappa shape index (κ1) is 15.3. The van der Waals surface area contributed by atoms with Crippen molar-refractivity contribution in [1.29, 1.82) is 0 Å². The van der Waals surface area contributed by atoms with E-state index in [0.29, 0.717) is 5.95 Å². The van der Waals surface area contributed by atoms with Crippen LogP contribution in [0.3, 0.4) is 0 Å². The zero-order valence-electron chi connectivity index (χ0n) is 11.7. The van der Waals surface area contributed by atoms with Gasteiger partial charge in [-0.15, -0.1) is 11.3 Å². The highest BCUT2D eigenvalue weighted by molar-refractivity contribution is 7.98. The fourth-order valence-corrected chi connectivity index (χ4v) is 3.24. The monoisotopic (exact) mass is 311 g/mol. The number of fused-ring (bicyclic) bond motifs is 1. The van der Waals surface area contributed by atoms with Gasteiger partial charge in [-0.3, -0.25) is 5.43 Å². The van der Waals surface area contributed by atoms with Crippen molar-refractivity contribution in [2.45, 2.75) is 25.7 Å². The van der Waals surface area contributed by atoms with E-state index in [9.17, 15) is 0 Å². The normalized spacial score (nSPS) is 10.9. The quantitative estimate of drug-likeness (QED) is 0.375. The van der Waals surface area contributed by atoms with Gasteiger partial charge in [0.05, 0.1) is 5.39 Å². The van der Waals surface area contributed by atoms with Gasteiger partial charge in [0, 0.05) is 6.54 Å². The van der Waals surface area contributed by atoms with Gasteiger partial charge < -0.3 is 5.32 Å². The summed E-state index contributed by atoms with van der Waals surface area (Å²) in [5.41, 5.74) is 2.52. The minimum absolute atomic E-state index is 0.461. The predicted molar refractivity (Wildman–Crippen MR) is 90.6 cm³/mol. The molecule has 0 unspecified atom stereocenters. The molecule has 110 valence electrons. The average Bonchev–Trinajstić information content (AvgIpc) is 2.94. The van der Waals surface area contributed by atoms with Gasteiger partial charge in [-0.1, -0.05) is 12.8 Å². The van der Waals surface area contributed by atoms with Crippen LogP contribution in [-0.4, -0.2) is 28.5 Å². The Morgan fingerprint density at radius 2 is 2.10 bits per heavy atom. The SMILES string of the molecule is CSCCCCCCNc1nc(NN)nc2sccc12. The van der Waals surface area contributed by atoms with E-state index in [4.69, 9.17) is 5.84 Å². The molecule has 2 rings (SSSR count). The van der Waals surface area contributed by atoms with Crippen molar-refractivity contribution in [3.8, 4) is 0 Å². The summed E-state index contributed by atoms with van der Waals surface area (Å²) in [5, 5.41) is 6.48. The number of nitrogens with zero attached hydrogens (tertiary/aromatic N) is 2. The van der Waals surface area contributed by atoms with Crippen LogP contribution in [0.25, 0.3) is 10.2 Å². The molecule has 0 bridgehead atoms. The summed E-state index contributed by atoms with van der Waals surface area (Å²) in [4.78, 5) is 9.66. The fraction of sp³-hybridized carbons (Fsp3) is 0.538. The molecule has 5 nitrogen and oxygen atoms in total. The summed E-state index contributed by atoms with van der Waals surface area (Å²) >= 11 is 3.51. The van der Waals surface area contributed by atoms with E-state index in [-0.39, 0.29) is 0 Å². The number of hydrogen-bond acceptors (Lipinski definition) is 7. The molecule has 0 aliphatic carbocycles. The van der Waals surface area contributed by atoms with Gasteiger partial charge in [-0.25, -0.2) is 10.8 Å². The number of aromatic nitrogens is 2. The van der Waals surface area contributed by atoms with Gasteiger partial charge in [0.2, 0.25) is 5.95 Å². The number of thiophene rings is 1. The Hall–Kier alpha value is -1.05. The second kappa shape index (κ2) is 8.28. The number of hydrogen-bond donors (Lipinski definition) is 3. The lowest BCUT2D eigenvalue weighted by Crippen LogP contribution is -2.12. The van der Waals surface area contributed by atoms with E-state index < -0.39 is 0 Å². The third-order valence-electron chi connectivity index (χ3n) is 3.02. The van der Waals surface area contributed by atoms with Crippen LogP contribution in [0.2, 0.25) is 0 Å². The van der Waals surface area contributed by atoms with Crippen molar-refractivity contribution >= 4 is 45.1 Å². The number of unbranched alkanes of at least 4 members (excludes halogenated alkanes) is 3. The third kappa shape index (κ3) is 4.22. The lowest BCUT2D eigenvalue weighted by Gasteiger charge is -2.08. The Balaban J connectivity index is 1.84. The lowest BCUT2D eigenvalue weighted by molar-refractivity contribution is 0.688. The molecule has 0 spiro atoms. The fourth-order valence-electron chi connectivity index (χ4n) is 1.99. The summed E-state index contributed by atoms with van der Waals surface area (Å²) in [6, 6.07) is 2.04. The van der Waals surface area contributed by atoms with Crippen LogP contribution < -0.4 is 16.6 Å². The minimum atomic E-state index is 0.461. The molecule has 0 amide bonds. The van der Waals surface area contributed by atoms with Gasteiger partial charge in [0.15, 0.2) is 0 Å². The largest absolute Gasteiger partial charge is 0.369 e. The van der Waals surface area contributed by atoms with Gasteiger partial charge in [-0.05, 0) is 36.3 Å². The summed E-state index contributed by atoms with van der Waals surface area (Å²) < 4.78 is 0. The molecule has 2 aromatic heterocycles. The lowest BCUT2D eigenvalue weighted by atomic mass is 10.2. The van der Waals surface area contributed by atoms with Gasteiger partial charge in [-0.2, -0.15) is 16.7 Å². The molecule has 7 heteroatoms. The number of nitrogens with two attached hydrogens (primary N) is 1. The van der Waals surface area contributed by atoms with Crippen molar-refractivity contribution in [3.05, 3.63) is 11.4 Å². The number of rotatable bonds is 9. The van der Waals surface area contributed by atoms with Crippen molar-refractivity contribution in [2.24, 2.45) is 5.84 Å². The maximum Gasteiger partial charge on any atom is 0.240 e. The van der Waals surface area contributed by atoms with E-state index in [2.05, 4.69) is 27.0 Å². The van der Waals surface area contributed by atoms with Crippen molar-refractivity contribution < 1.29 is 0 Å². The smallest absolute Gasteiger partial charge is 0.240 e. The van der Waals surface area contributed by atoms with E-state index in [1.807, 2.05) is 23.2 Å². The molecule has 0 saturated heterocycles. The molecular weight excluding hydrogens is 290 g/mol. The summed E-state index contributed by atoms with van der Waals surface area (Å²) in [6.07, 6.45) is 7.19. The maximum absolute atomic E-state index is 5.40.